The molecule has 2 aromatic rings. The van der Waals surface area contributed by atoms with Gasteiger partial charge in [0.2, 0.25) is 0 Å². The summed E-state index contributed by atoms with van der Waals surface area (Å²) in [6, 6.07) is 5.81. The minimum Gasteiger partial charge on any atom is -0.496 e. The number of ether oxygens (including phenoxy) is 1. The van der Waals surface area contributed by atoms with Gasteiger partial charge in [-0.3, -0.25) is 4.68 Å². The second kappa shape index (κ2) is 5.45. The first-order valence-electron chi connectivity index (χ1n) is 6.41. The van der Waals surface area contributed by atoms with Crippen molar-refractivity contribution in [2.75, 3.05) is 7.11 Å². The molecule has 1 atom stereocenters. The Balaban J connectivity index is 2.48. The van der Waals surface area contributed by atoms with Crippen molar-refractivity contribution >= 4 is 0 Å². The molecule has 0 aliphatic rings. The second-order valence-electron chi connectivity index (χ2n) is 4.71. The first-order chi connectivity index (χ1) is 9.06. The number of hydrogen-bond acceptors (Lipinski definition) is 3. The molecule has 0 saturated carbocycles. The van der Waals surface area contributed by atoms with Gasteiger partial charge >= 0.3 is 0 Å². The maximum atomic E-state index is 10.6. The number of aromatic nitrogens is 2. The van der Waals surface area contributed by atoms with Crippen LogP contribution in [0.1, 0.15) is 35.4 Å². The van der Waals surface area contributed by atoms with Gasteiger partial charge in [-0.1, -0.05) is 18.6 Å². The lowest BCUT2D eigenvalue weighted by molar-refractivity contribution is 0.213. The molecule has 0 fully saturated rings. The molecular formula is C15H20N2O2. The zero-order chi connectivity index (χ0) is 14.0. The van der Waals surface area contributed by atoms with E-state index < -0.39 is 6.10 Å². The number of hydrogen-bond donors (Lipinski definition) is 1. The average Bonchev–Trinajstić information content (AvgIpc) is 2.79. The smallest absolute Gasteiger partial charge is 0.125 e. The van der Waals surface area contributed by atoms with E-state index >= 15 is 0 Å². The highest BCUT2D eigenvalue weighted by Crippen LogP contribution is 2.32. The Labute approximate surface area is 113 Å². The van der Waals surface area contributed by atoms with Crippen molar-refractivity contribution < 1.29 is 9.84 Å². The van der Waals surface area contributed by atoms with Gasteiger partial charge in [-0.15, -0.1) is 0 Å². The molecule has 2 rings (SSSR count). The zero-order valence-corrected chi connectivity index (χ0v) is 11.8. The molecule has 4 heteroatoms. The Morgan fingerprint density at radius 2 is 2.11 bits per heavy atom. The molecule has 0 radical (unpaired) electrons. The van der Waals surface area contributed by atoms with Crippen LogP contribution in [0.25, 0.3) is 0 Å². The number of benzene rings is 1. The van der Waals surface area contributed by atoms with Crippen molar-refractivity contribution in [3.63, 3.8) is 0 Å². The van der Waals surface area contributed by atoms with Gasteiger partial charge in [0.25, 0.3) is 0 Å². The van der Waals surface area contributed by atoms with Crippen LogP contribution in [0.3, 0.4) is 0 Å². The number of rotatable bonds is 4. The van der Waals surface area contributed by atoms with E-state index in [4.69, 9.17) is 4.74 Å². The number of aliphatic hydroxyl groups is 1. The van der Waals surface area contributed by atoms with Crippen LogP contribution in [0, 0.1) is 6.92 Å². The third kappa shape index (κ3) is 2.63. The Kier molecular flexibility index (Phi) is 3.90. The summed E-state index contributed by atoms with van der Waals surface area (Å²) in [7, 11) is 3.48. The van der Waals surface area contributed by atoms with Crippen LogP contribution in [-0.4, -0.2) is 22.0 Å². The maximum Gasteiger partial charge on any atom is 0.125 e. The van der Waals surface area contributed by atoms with Crippen LogP contribution in [0.4, 0.5) is 0 Å². The fourth-order valence-corrected chi connectivity index (χ4v) is 2.29. The molecule has 4 nitrogen and oxygen atoms in total. The molecule has 0 spiro atoms. The van der Waals surface area contributed by atoms with Crippen molar-refractivity contribution in [1.29, 1.82) is 0 Å². The van der Waals surface area contributed by atoms with Crippen LogP contribution in [0.2, 0.25) is 0 Å². The summed E-state index contributed by atoms with van der Waals surface area (Å²) in [5.41, 5.74) is 3.63. The molecule has 1 heterocycles. The first kappa shape index (κ1) is 13.6. The van der Waals surface area contributed by atoms with Crippen LogP contribution < -0.4 is 4.74 Å². The third-order valence-electron chi connectivity index (χ3n) is 3.25. The van der Waals surface area contributed by atoms with E-state index in [0.717, 1.165) is 28.8 Å². The summed E-state index contributed by atoms with van der Waals surface area (Å²) < 4.78 is 7.07. The molecule has 1 N–H and O–H groups in total. The topological polar surface area (TPSA) is 47.3 Å². The molecule has 1 aromatic carbocycles. The fourth-order valence-electron chi connectivity index (χ4n) is 2.29. The summed E-state index contributed by atoms with van der Waals surface area (Å²) in [4.78, 5) is 0. The lowest BCUT2D eigenvalue weighted by Gasteiger charge is -2.15. The molecule has 1 unspecified atom stereocenters. The van der Waals surface area contributed by atoms with E-state index in [-0.39, 0.29) is 0 Å². The van der Waals surface area contributed by atoms with E-state index in [0.29, 0.717) is 5.75 Å². The van der Waals surface area contributed by atoms with Gasteiger partial charge in [0.05, 0.1) is 12.8 Å². The quantitative estimate of drug-likeness (QED) is 0.918. The van der Waals surface area contributed by atoms with Gasteiger partial charge in [-0.2, -0.15) is 5.10 Å². The Bertz CT molecular complexity index is 576. The molecular weight excluding hydrogens is 240 g/mol. The van der Waals surface area contributed by atoms with E-state index in [9.17, 15) is 5.11 Å². The molecule has 19 heavy (non-hydrogen) atoms. The van der Waals surface area contributed by atoms with Gasteiger partial charge in [0.1, 0.15) is 11.9 Å². The zero-order valence-electron chi connectivity index (χ0n) is 11.8. The fraction of sp³-hybridized carbons (Fsp3) is 0.400. The van der Waals surface area contributed by atoms with E-state index in [1.807, 2.05) is 45.3 Å². The van der Waals surface area contributed by atoms with Crippen molar-refractivity contribution in [2.24, 2.45) is 7.05 Å². The molecule has 0 bridgehead atoms. The highest BCUT2D eigenvalue weighted by molar-refractivity contribution is 5.43. The van der Waals surface area contributed by atoms with Gasteiger partial charge < -0.3 is 9.84 Å². The predicted octanol–water partition coefficient (Wildman–Crippen LogP) is 2.38. The summed E-state index contributed by atoms with van der Waals surface area (Å²) in [5, 5.41) is 15.0. The average molecular weight is 260 g/mol. The molecule has 0 amide bonds. The van der Waals surface area contributed by atoms with Gasteiger partial charge in [0, 0.05) is 24.4 Å². The highest BCUT2D eigenvalue weighted by Gasteiger charge is 2.20. The summed E-state index contributed by atoms with van der Waals surface area (Å²) >= 11 is 0. The monoisotopic (exact) mass is 260 g/mol. The predicted molar refractivity (Wildman–Crippen MR) is 74.4 cm³/mol. The van der Waals surface area contributed by atoms with Crippen molar-refractivity contribution in [3.8, 4) is 5.75 Å². The van der Waals surface area contributed by atoms with E-state index in [1.54, 1.807) is 11.8 Å². The largest absolute Gasteiger partial charge is 0.496 e. The normalized spacial score (nSPS) is 12.5. The standard InChI is InChI=1S/C15H20N2O2/c1-5-13-12(9-17(3)16-13)15(18)11-8-10(2)6-7-14(11)19-4/h6-9,15,18H,5H2,1-4H3. The van der Waals surface area contributed by atoms with Crippen LogP contribution in [0.15, 0.2) is 24.4 Å². The van der Waals surface area contributed by atoms with Crippen molar-refractivity contribution in [1.82, 2.24) is 9.78 Å². The maximum absolute atomic E-state index is 10.6. The second-order valence-corrected chi connectivity index (χ2v) is 4.71. The summed E-state index contributed by atoms with van der Waals surface area (Å²) in [6.07, 6.45) is 1.95. The third-order valence-corrected chi connectivity index (χ3v) is 3.25. The Morgan fingerprint density at radius 3 is 2.74 bits per heavy atom. The van der Waals surface area contributed by atoms with Crippen molar-refractivity contribution in [2.45, 2.75) is 26.4 Å². The minimum absolute atomic E-state index is 0.698. The van der Waals surface area contributed by atoms with E-state index in [1.165, 1.54) is 0 Å². The molecule has 0 saturated heterocycles. The molecule has 102 valence electrons. The van der Waals surface area contributed by atoms with Gasteiger partial charge in [-0.25, -0.2) is 0 Å². The molecule has 0 aliphatic carbocycles. The lowest BCUT2D eigenvalue weighted by Crippen LogP contribution is -2.04. The summed E-state index contributed by atoms with van der Waals surface area (Å²) in [5.74, 6) is 0.698. The Hall–Kier alpha value is -1.81. The number of aryl methyl sites for hydroxylation is 3. The van der Waals surface area contributed by atoms with Gasteiger partial charge in [0.15, 0.2) is 0 Å². The Morgan fingerprint density at radius 1 is 1.37 bits per heavy atom. The SMILES string of the molecule is CCc1nn(C)cc1C(O)c1cc(C)ccc1OC. The minimum atomic E-state index is -0.710. The first-order valence-corrected chi connectivity index (χ1v) is 6.41. The van der Waals surface area contributed by atoms with Crippen LogP contribution >= 0.6 is 0 Å². The van der Waals surface area contributed by atoms with Crippen LogP contribution in [0.5, 0.6) is 5.75 Å². The number of nitrogens with zero attached hydrogens (tertiary/aromatic N) is 2. The summed E-state index contributed by atoms with van der Waals surface area (Å²) in [6.45, 7) is 4.03. The molecule has 0 aliphatic heterocycles. The van der Waals surface area contributed by atoms with Crippen LogP contribution in [-0.2, 0) is 13.5 Å². The van der Waals surface area contributed by atoms with E-state index in [2.05, 4.69) is 5.10 Å². The number of methoxy groups -OCH3 is 1. The van der Waals surface area contributed by atoms with Gasteiger partial charge in [-0.05, 0) is 25.5 Å². The van der Waals surface area contributed by atoms with Crippen molar-refractivity contribution in [3.05, 3.63) is 46.8 Å². The lowest BCUT2D eigenvalue weighted by atomic mass is 9.98. The molecule has 1 aromatic heterocycles. The highest BCUT2D eigenvalue weighted by atomic mass is 16.5. The number of aliphatic hydroxyl groups excluding tert-OH is 1.